The van der Waals surface area contributed by atoms with Crippen LogP contribution in [-0.2, 0) is 9.59 Å². The molecule has 0 aromatic heterocycles. The number of hydrogen-bond donors (Lipinski definition) is 4. The zero-order valence-corrected chi connectivity index (χ0v) is 8.95. The van der Waals surface area contributed by atoms with Gasteiger partial charge in [0.25, 0.3) is 11.9 Å². The highest BCUT2D eigenvalue weighted by Gasteiger charge is 1.65. The van der Waals surface area contributed by atoms with Crippen molar-refractivity contribution in [1.82, 2.24) is 12.3 Å². The Morgan fingerprint density at radius 1 is 0.786 bits per heavy atom. The van der Waals surface area contributed by atoms with Crippen molar-refractivity contribution in [3.63, 3.8) is 0 Å². The smallest absolute Gasteiger partial charge is 0.300 e. The Labute approximate surface area is 85.1 Å². The second-order valence-electron chi connectivity index (χ2n) is 1.04. The van der Waals surface area contributed by atoms with Crippen LogP contribution >= 0.6 is 0 Å². The third kappa shape index (κ3) is 327. The molecule has 6 nitrogen and oxygen atoms in total. The second-order valence-corrected chi connectivity index (χ2v) is 1.04. The fraction of sp³-hybridized carbons (Fsp3) is 0.250. The summed E-state index contributed by atoms with van der Waals surface area (Å²) in [4.78, 5) is 18.0. The molecular weight excluding hydrogens is 188 g/mol. The zero-order valence-electron chi connectivity index (χ0n) is 8.95. The molecule has 0 aliphatic heterocycles. The van der Waals surface area contributed by atoms with Crippen molar-refractivity contribution < 1.29 is 19.8 Å². The van der Waals surface area contributed by atoms with E-state index in [4.69, 9.17) is 19.8 Å². The van der Waals surface area contributed by atoms with Crippen LogP contribution in [0.3, 0.4) is 0 Å². The molecule has 6 heteroatoms. The average Bonchev–Trinajstić information content (AvgIpc) is 1.93. The summed E-state index contributed by atoms with van der Waals surface area (Å²) in [5.41, 5.74) is 0. The van der Waals surface area contributed by atoms with E-state index in [2.05, 4.69) is 26.3 Å². The monoisotopic (exact) mass is 210 g/mol. The van der Waals surface area contributed by atoms with E-state index in [0.717, 1.165) is 13.8 Å². The highest BCUT2D eigenvalue weighted by atomic mass is 16.4. The predicted octanol–water partition coefficient (Wildman–Crippen LogP) is 2.11. The normalized spacial score (nSPS) is 4.14. The summed E-state index contributed by atoms with van der Waals surface area (Å²) in [5.74, 6) is -1.67. The first-order valence-electron chi connectivity index (χ1n) is 2.86. The first kappa shape index (κ1) is 39.5. The van der Waals surface area contributed by atoms with Crippen molar-refractivity contribution >= 4 is 11.9 Å². The second kappa shape index (κ2) is 64.4. The Morgan fingerprint density at radius 3 is 0.786 bits per heavy atom. The van der Waals surface area contributed by atoms with Gasteiger partial charge in [-0.2, -0.15) is 0 Å². The summed E-state index contributed by atoms with van der Waals surface area (Å²) in [6, 6.07) is 0. The van der Waals surface area contributed by atoms with Crippen molar-refractivity contribution in [3.05, 3.63) is 26.3 Å². The Morgan fingerprint density at radius 2 is 0.786 bits per heavy atom. The first-order chi connectivity index (χ1) is 5.46. The van der Waals surface area contributed by atoms with E-state index in [1.165, 1.54) is 0 Å². The van der Waals surface area contributed by atoms with Gasteiger partial charge in [-0.05, 0) is 0 Å². The van der Waals surface area contributed by atoms with Crippen molar-refractivity contribution in [2.75, 3.05) is 0 Å². The van der Waals surface area contributed by atoms with Crippen LogP contribution in [0.15, 0.2) is 26.3 Å². The van der Waals surface area contributed by atoms with Crippen molar-refractivity contribution in [1.29, 1.82) is 0 Å². The van der Waals surface area contributed by atoms with Crippen LogP contribution in [0, 0.1) is 0 Å². The van der Waals surface area contributed by atoms with E-state index in [1.807, 2.05) is 0 Å². The molecule has 8 N–H and O–H groups in total. The van der Waals surface area contributed by atoms with Crippen LogP contribution in [-0.4, -0.2) is 22.2 Å². The molecule has 0 atom stereocenters. The van der Waals surface area contributed by atoms with Gasteiger partial charge >= 0.3 is 0 Å². The quantitative estimate of drug-likeness (QED) is 0.450. The largest absolute Gasteiger partial charge is 0.481 e. The summed E-state index contributed by atoms with van der Waals surface area (Å²) in [5, 5.41) is 14.8. The Hall–Kier alpha value is -1.66. The van der Waals surface area contributed by atoms with Gasteiger partial charge in [0.1, 0.15) is 0 Å². The number of hydrogen-bond acceptors (Lipinski definition) is 4. The minimum atomic E-state index is -0.833. The molecule has 0 saturated carbocycles. The molecule has 0 amide bonds. The highest BCUT2D eigenvalue weighted by molar-refractivity contribution is 5.63. The number of rotatable bonds is 0. The molecule has 0 saturated heterocycles. The fourth-order valence-corrected chi connectivity index (χ4v) is 0. The van der Waals surface area contributed by atoms with Gasteiger partial charge in [0, 0.05) is 13.8 Å². The maximum absolute atomic E-state index is 9.00. The number of carbonyl (C=O) groups is 2. The van der Waals surface area contributed by atoms with E-state index in [9.17, 15) is 0 Å². The molecule has 0 aromatic carbocycles. The standard InChI is InChI=1S/2C2H4O2.2C2H4.2H3N/c2*1-2(3)4;2*1-2;;/h2*1H3,(H,3,4);2*1-2H2;2*1H3. The third-order valence-electron chi connectivity index (χ3n) is 0. The maximum Gasteiger partial charge on any atom is 0.300 e. The molecule has 0 rings (SSSR count). The molecule has 0 heterocycles. The molecule has 14 heavy (non-hydrogen) atoms. The first-order valence-corrected chi connectivity index (χ1v) is 2.86. The highest BCUT2D eigenvalue weighted by Crippen LogP contribution is 1.42. The van der Waals surface area contributed by atoms with Gasteiger partial charge in [0.05, 0.1) is 0 Å². The van der Waals surface area contributed by atoms with Gasteiger partial charge in [-0.15, -0.1) is 26.3 Å². The van der Waals surface area contributed by atoms with Gasteiger partial charge in [-0.25, -0.2) is 0 Å². The molecule has 0 unspecified atom stereocenters. The van der Waals surface area contributed by atoms with Crippen molar-refractivity contribution in [2.24, 2.45) is 0 Å². The Balaban J connectivity index is -0.0000000153. The van der Waals surface area contributed by atoms with Crippen LogP contribution in [0.25, 0.3) is 0 Å². The molecule has 0 aliphatic rings. The van der Waals surface area contributed by atoms with E-state index in [0.29, 0.717) is 0 Å². The predicted molar refractivity (Wildman–Crippen MR) is 59.2 cm³/mol. The molecule has 0 fully saturated rings. The molecule has 0 radical (unpaired) electrons. The zero-order chi connectivity index (χ0) is 11.2. The third-order valence-corrected chi connectivity index (χ3v) is 0. The molecular formula is C8H22N2O4. The summed E-state index contributed by atoms with van der Waals surface area (Å²) < 4.78 is 0. The number of carboxylic acid groups (broad SMARTS) is 2. The van der Waals surface area contributed by atoms with Gasteiger partial charge in [0.2, 0.25) is 0 Å². The number of aliphatic carboxylic acids is 2. The van der Waals surface area contributed by atoms with Crippen LogP contribution in [0.5, 0.6) is 0 Å². The lowest BCUT2D eigenvalue weighted by Gasteiger charge is -1.59. The van der Waals surface area contributed by atoms with Crippen molar-refractivity contribution in [2.45, 2.75) is 13.8 Å². The van der Waals surface area contributed by atoms with E-state index in [-0.39, 0.29) is 12.3 Å². The molecule has 0 aromatic rings. The Kier molecular flexibility index (Phi) is 182. The molecule has 0 spiro atoms. The fourth-order valence-electron chi connectivity index (χ4n) is 0. The lowest BCUT2D eigenvalue weighted by atomic mass is 10.9. The summed E-state index contributed by atoms with van der Waals surface area (Å²) in [7, 11) is 0. The average molecular weight is 210 g/mol. The molecule has 88 valence electrons. The SMILES string of the molecule is C=C.C=C.CC(=O)O.CC(=O)O.N.N. The maximum atomic E-state index is 9.00. The number of carboxylic acids is 2. The minimum absolute atomic E-state index is 0. The van der Waals surface area contributed by atoms with E-state index >= 15 is 0 Å². The van der Waals surface area contributed by atoms with Gasteiger partial charge in [-0.1, -0.05) is 0 Å². The summed E-state index contributed by atoms with van der Waals surface area (Å²) >= 11 is 0. The molecule has 0 bridgehead atoms. The van der Waals surface area contributed by atoms with Crippen molar-refractivity contribution in [3.8, 4) is 0 Å². The van der Waals surface area contributed by atoms with Crippen LogP contribution < -0.4 is 12.3 Å². The lowest BCUT2D eigenvalue weighted by Crippen LogP contribution is -1.78. The topological polar surface area (TPSA) is 145 Å². The van der Waals surface area contributed by atoms with Gasteiger partial charge in [0.15, 0.2) is 0 Å². The lowest BCUT2D eigenvalue weighted by molar-refractivity contribution is -0.135. The van der Waals surface area contributed by atoms with Gasteiger partial charge < -0.3 is 22.5 Å². The van der Waals surface area contributed by atoms with Gasteiger partial charge in [-0.3, -0.25) is 9.59 Å². The summed E-state index contributed by atoms with van der Waals surface area (Å²) in [6.45, 7) is 14.2. The summed E-state index contributed by atoms with van der Waals surface area (Å²) in [6.07, 6.45) is 0. The van der Waals surface area contributed by atoms with E-state index < -0.39 is 11.9 Å². The van der Waals surface area contributed by atoms with E-state index in [1.54, 1.807) is 0 Å². The van der Waals surface area contributed by atoms with Crippen LogP contribution in [0.4, 0.5) is 0 Å². The Bertz CT molecular complexity index is 95.9. The molecule has 0 aliphatic carbocycles. The van der Waals surface area contributed by atoms with Crippen LogP contribution in [0.2, 0.25) is 0 Å². The minimum Gasteiger partial charge on any atom is -0.481 e. The van der Waals surface area contributed by atoms with Crippen LogP contribution in [0.1, 0.15) is 13.8 Å².